The lowest BCUT2D eigenvalue weighted by Crippen LogP contribution is -2.43. The van der Waals surface area contributed by atoms with Crippen LogP contribution in [0, 0.1) is 5.92 Å². The molecule has 0 radical (unpaired) electrons. The molecule has 1 aliphatic rings. The van der Waals surface area contributed by atoms with Gasteiger partial charge in [0.2, 0.25) is 0 Å². The number of hydrogen-bond donors (Lipinski definition) is 1. The van der Waals surface area contributed by atoms with Crippen molar-refractivity contribution in [3.63, 3.8) is 0 Å². The third-order valence-electron chi connectivity index (χ3n) is 3.55. The maximum atomic E-state index is 4.45. The van der Waals surface area contributed by atoms with Gasteiger partial charge in [-0.25, -0.2) is 4.98 Å². The Bertz CT molecular complexity index is 335. The van der Waals surface area contributed by atoms with Crippen molar-refractivity contribution in [1.82, 2.24) is 14.9 Å². The maximum absolute atomic E-state index is 4.45. The second-order valence-corrected chi connectivity index (χ2v) is 5.54. The Hall–Kier alpha value is -0.830. The van der Waals surface area contributed by atoms with Gasteiger partial charge >= 0.3 is 0 Å². The molecule has 1 N–H and O–H groups in total. The standard InChI is InChI=1S/C13H23N3/c1-11(2)9-13(5-4-6-15-13)10-12-14-7-8-16(12)3/h7-8,11,15H,4-6,9-10H2,1-3H3. The van der Waals surface area contributed by atoms with E-state index < -0.39 is 0 Å². The van der Waals surface area contributed by atoms with Crippen molar-refractivity contribution in [2.75, 3.05) is 6.54 Å². The summed E-state index contributed by atoms with van der Waals surface area (Å²) in [5.74, 6) is 1.95. The van der Waals surface area contributed by atoms with Gasteiger partial charge in [-0.2, -0.15) is 0 Å². The van der Waals surface area contributed by atoms with E-state index in [0.717, 1.165) is 18.9 Å². The summed E-state index contributed by atoms with van der Waals surface area (Å²) in [5, 5.41) is 3.71. The molecule has 1 aliphatic heterocycles. The SMILES string of the molecule is CC(C)CC1(Cc2nccn2C)CCCN1. The smallest absolute Gasteiger partial charge is 0.110 e. The summed E-state index contributed by atoms with van der Waals surface area (Å²) in [6.45, 7) is 5.78. The first-order chi connectivity index (χ1) is 7.61. The highest BCUT2D eigenvalue weighted by Gasteiger charge is 2.35. The fraction of sp³-hybridized carbons (Fsp3) is 0.769. The van der Waals surface area contributed by atoms with E-state index in [4.69, 9.17) is 0 Å². The van der Waals surface area contributed by atoms with Gasteiger partial charge in [-0.05, 0) is 31.7 Å². The van der Waals surface area contributed by atoms with Crippen molar-refractivity contribution >= 4 is 0 Å². The van der Waals surface area contributed by atoms with Gasteiger partial charge in [-0.1, -0.05) is 13.8 Å². The first-order valence-electron chi connectivity index (χ1n) is 6.32. The predicted octanol–water partition coefficient (Wildman–Crippen LogP) is 2.13. The summed E-state index contributed by atoms with van der Waals surface area (Å²) in [6, 6.07) is 0. The van der Waals surface area contributed by atoms with Gasteiger partial charge in [0.15, 0.2) is 0 Å². The van der Waals surface area contributed by atoms with E-state index in [1.165, 1.54) is 25.1 Å². The molecule has 1 aromatic heterocycles. The van der Waals surface area contributed by atoms with Crippen LogP contribution in [0.4, 0.5) is 0 Å². The lowest BCUT2D eigenvalue weighted by Gasteiger charge is -2.31. The summed E-state index contributed by atoms with van der Waals surface area (Å²) in [6.07, 6.45) is 8.84. The van der Waals surface area contributed by atoms with Crippen molar-refractivity contribution in [2.24, 2.45) is 13.0 Å². The molecule has 1 aromatic rings. The average molecular weight is 221 g/mol. The Kier molecular flexibility index (Phi) is 3.33. The van der Waals surface area contributed by atoms with Gasteiger partial charge in [0.1, 0.15) is 5.82 Å². The van der Waals surface area contributed by atoms with Crippen LogP contribution in [0.2, 0.25) is 0 Å². The Morgan fingerprint density at radius 1 is 1.56 bits per heavy atom. The summed E-state index contributed by atoms with van der Waals surface area (Å²) in [5.41, 5.74) is 0.299. The van der Waals surface area contributed by atoms with Crippen LogP contribution in [-0.2, 0) is 13.5 Å². The van der Waals surface area contributed by atoms with Gasteiger partial charge in [0, 0.05) is 31.4 Å². The minimum atomic E-state index is 0.299. The molecule has 90 valence electrons. The lowest BCUT2D eigenvalue weighted by molar-refractivity contribution is 0.294. The normalized spacial score (nSPS) is 25.5. The average Bonchev–Trinajstić information content (AvgIpc) is 2.77. The fourth-order valence-corrected chi connectivity index (χ4v) is 2.92. The molecule has 0 aliphatic carbocycles. The van der Waals surface area contributed by atoms with Crippen LogP contribution >= 0.6 is 0 Å². The van der Waals surface area contributed by atoms with Crippen LogP contribution in [0.15, 0.2) is 12.4 Å². The summed E-state index contributed by atoms with van der Waals surface area (Å²) in [4.78, 5) is 4.45. The van der Waals surface area contributed by atoms with E-state index >= 15 is 0 Å². The third kappa shape index (κ3) is 2.46. The molecule has 0 bridgehead atoms. The fourth-order valence-electron chi connectivity index (χ4n) is 2.92. The minimum Gasteiger partial charge on any atom is -0.338 e. The van der Waals surface area contributed by atoms with Crippen molar-refractivity contribution in [2.45, 2.75) is 45.1 Å². The van der Waals surface area contributed by atoms with E-state index in [1.807, 2.05) is 12.4 Å². The number of hydrogen-bond acceptors (Lipinski definition) is 2. The highest BCUT2D eigenvalue weighted by molar-refractivity contribution is 5.04. The molecule has 1 fully saturated rings. The Labute approximate surface area is 98.3 Å². The first kappa shape index (κ1) is 11.6. The van der Waals surface area contributed by atoms with Crippen LogP contribution < -0.4 is 5.32 Å². The molecule has 16 heavy (non-hydrogen) atoms. The summed E-state index contributed by atoms with van der Waals surface area (Å²) in [7, 11) is 2.08. The van der Waals surface area contributed by atoms with Gasteiger partial charge in [-0.15, -0.1) is 0 Å². The van der Waals surface area contributed by atoms with Gasteiger partial charge in [0.25, 0.3) is 0 Å². The third-order valence-corrected chi connectivity index (χ3v) is 3.55. The molecule has 1 saturated heterocycles. The van der Waals surface area contributed by atoms with E-state index in [9.17, 15) is 0 Å². The Morgan fingerprint density at radius 3 is 2.88 bits per heavy atom. The summed E-state index contributed by atoms with van der Waals surface area (Å²) < 4.78 is 2.14. The maximum Gasteiger partial charge on any atom is 0.110 e. The molecule has 3 nitrogen and oxygen atoms in total. The molecule has 3 heteroatoms. The monoisotopic (exact) mass is 221 g/mol. The van der Waals surface area contributed by atoms with Crippen molar-refractivity contribution in [3.05, 3.63) is 18.2 Å². The largest absolute Gasteiger partial charge is 0.338 e. The van der Waals surface area contributed by atoms with Crippen LogP contribution in [0.3, 0.4) is 0 Å². The number of aryl methyl sites for hydroxylation is 1. The zero-order valence-corrected chi connectivity index (χ0v) is 10.7. The molecule has 0 amide bonds. The molecule has 2 heterocycles. The molecule has 1 atom stereocenters. The molecular formula is C13H23N3. The Morgan fingerprint density at radius 2 is 2.38 bits per heavy atom. The Balaban J connectivity index is 2.11. The van der Waals surface area contributed by atoms with E-state index in [-0.39, 0.29) is 0 Å². The van der Waals surface area contributed by atoms with Crippen LogP contribution in [0.1, 0.15) is 38.9 Å². The van der Waals surface area contributed by atoms with Gasteiger partial charge < -0.3 is 9.88 Å². The highest BCUT2D eigenvalue weighted by Crippen LogP contribution is 2.29. The highest BCUT2D eigenvalue weighted by atomic mass is 15.1. The van der Waals surface area contributed by atoms with Crippen molar-refractivity contribution < 1.29 is 0 Å². The van der Waals surface area contributed by atoms with E-state index in [2.05, 4.69) is 35.8 Å². The number of nitrogens with zero attached hydrogens (tertiary/aromatic N) is 2. The van der Waals surface area contributed by atoms with Crippen molar-refractivity contribution in [3.8, 4) is 0 Å². The topological polar surface area (TPSA) is 29.9 Å². The quantitative estimate of drug-likeness (QED) is 0.844. The lowest BCUT2D eigenvalue weighted by atomic mass is 9.84. The zero-order chi connectivity index (χ0) is 11.6. The summed E-state index contributed by atoms with van der Waals surface area (Å²) >= 11 is 0. The van der Waals surface area contributed by atoms with Crippen LogP contribution in [-0.4, -0.2) is 21.6 Å². The molecule has 2 rings (SSSR count). The second-order valence-electron chi connectivity index (χ2n) is 5.54. The second kappa shape index (κ2) is 4.58. The predicted molar refractivity (Wildman–Crippen MR) is 66.3 cm³/mol. The van der Waals surface area contributed by atoms with E-state index in [0.29, 0.717) is 5.54 Å². The molecule has 0 spiro atoms. The van der Waals surface area contributed by atoms with Crippen molar-refractivity contribution in [1.29, 1.82) is 0 Å². The molecular weight excluding hydrogens is 198 g/mol. The number of nitrogens with one attached hydrogen (secondary N) is 1. The molecule has 1 unspecified atom stereocenters. The molecule has 0 saturated carbocycles. The number of rotatable bonds is 4. The van der Waals surface area contributed by atoms with Gasteiger partial charge in [0.05, 0.1) is 0 Å². The number of imidazole rings is 1. The molecule has 0 aromatic carbocycles. The van der Waals surface area contributed by atoms with E-state index in [1.54, 1.807) is 0 Å². The van der Waals surface area contributed by atoms with Crippen LogP contribution in [0.25, 0.3) is 0 Å². The number of aromatic nitrogens is 2. The van der Waals surface area contributed by atoms with Gasteiger partial charge in [-0.3, -0.25) is 0 Å². The van der Waals surface area contributed by atoms with Crippen LogP contribution in [0.5, 0.6) is 0 Å². The first-order valence-corrected chi connectivity index (χ1v) is 6.32. The minimum absolute atomic E-state index is 0.299. The zero-order valence-electron chi connectivity index (χ0n) is 10.7.